The highest BCUT2D eigenvalue weighted by molar-refractivity contribution is 6.06. The van der Waals surface area contributed by atoms with Crippen LogP contribution in [0.3, 0.4) is 0 Å². The van der Waals surface area contributed by atoms with Gasteiger partial charge >= 0.3 is 0 Å². The highest BCUT2D eigenvalue weighted by Crippen LogP contribution is 2.42. The average Bonchev–Trinajstić information content (AvgIpc) is 3.53. The van der Waals surface area contributed by atoms with Gasteiger partial charge in [-0.1, -0.05) is 18.2 Å². The van der Waals surface area contributed by atoms with Gasteiger partial charge in [-0.15, -0.1) is 0 Å². The quantitative estimate of drug-likeness (QED) is 0.759. The van der Waals surface area contributed by atoms with Crippen molar-refractivity contribution in [3.63, 3.8) is 0 Å². The lowest BCUT2D eigenvalue weighted by molar-refractivity contribution is -0.120. The molecule has 6 nitrogen and oxygen atoms in total. The fourth-order valence-corrected chi connectivity index (χ4v) is 4.80. The third kappa shape index (κ3) is 3.50. The molecule has 3 aliphatic rings. The van der Waals surface area contributed by atoms with Gasteiger partial charge < -0.3 is 14.7 Å². The summed E-state index contributed by atoms with van der Waals surface area (Å²) in [5.74, 6) is 0.440. The van der Waals surface area contributed by atoms with E-state index in [1.165, 1.54) is 0 Å². The van der Waals surface area contributed by atoms with Crippen LogP contribution in [0.15, 0.2) is 42.5 Å². The molecule has 0 N–H and O–H groups in total. The van der Waals surface area contributed by atoms with Crippen LogP contribution in [-0.4, -0.2) is 36.9 Å². The molecule has 6 heteroatoms. The molecule has 2 aromatic carbocycles. The summed E-state index contributed by atoms with van der Waals surface area (Å²) in [6.07, 6.45) is 3.42. The maximum atomic E-state index is 13.0. The maximum absolute atomic E-state index is 13.0. The molecule has 1 unspecified atom stereocenters. The molecule has 0 radical (unpaired) electrons. The van der Waals surface area contributed by atoms with Crippen LogP contribution in [0.5, 0.6) is 0 Å². The summed E-state index contributed by atoms with van der Waals surface area (Å²) < 4.78 is 0. The molecule has 1 saturated heterocycles. The van der Waals surface area contributed by atoms with Crippen molar-refractivity contribution < 1.29 is 14.4 Å². The van der Waals surface area contributed by atoms with E-state index in [4.69, 9.17) is 0 Å². The predicted octanol–water partition coefficient (Wildman–Crippen LogP) is 3.98. The van der Waals surface area contributed by atoms with E-state index in [1.54, 1.807) is 11.8 Å². The van der Waals surface area contributed by atoms with Gasteiger partial charge in [-0.2, -0.15) is 0 Å². The molecule has 2 heterocycles. The molecular weight excluding hydrogens is 390 g/mol. The smallest absolute Gasteiger partial charge is 0.230 e. The third-order valence-electron chi connectivity index (χ3n) is 6.53. The number of amides is 3. The van der Waals surface area contributed by atoms with E-state index in [1.807, 2.05) is 59.2 Å². The number of fused-ring (bicyclic) bond motifs is 1. The van der Waals surface area contributed by atoms with Gasteiger partial charge in [-0.05, 0) is 61.6 Å². The van der Waals surface area contributed by atoms with Crippen LogP contribution in [0.1, 0.15) is 39.5 Å². The average molecular weight is 418 g/mol. The lowest BCUT2D eigenvalue weighted by Crippen LogP contribution is -2.51. The molecule has 2 aromatic rings. The SMILES string of the molecule is CC(=O)N1c2ccc(-c3ccc(N4CCCC4=O)cc3)cc2N(C(=O)C2CC2)CC1C. The Kier molecular flexibility index (Phi) is 4.80. The Morgan fingerprint density at radius 3 is 2.29 bits per heavy atom. The fourth-order valence-electron chi connectivity index (χ4n) is 4.80. The highest BCUT2D eigenvalue weighted by atomic mass is 16.2. The Hall–Kier alpha value is -3.15. The van der Waals surface area contributed by atoms with Crippen LogP contribution in [-0.2, 0) is 14.4 Å². The zero-order chi connectivity index (χ0) is 21.7. The summed E-state index contributed by atoms with van der Waals surface area (Å²) in [4.78, 5) is 42.8. The summed E-state index contributed by atoms with van der Waals surface area (Å²) in [5.41, 5.74) is 4.53. The Labute approximate surface area is 182 Å². The fraction of sp³-hybridized carbons (Fsp3) is 0.400. The molecule has 1 saturated carbocycles. The summed E-state index contributed by atoms with van der Waals surface area (Å²) in [7, 11) is 0. The minimum Gasteiger partial charge on any atom is -0.312 e. The number of benzene rings is 2. The van der Waals surface area contributed by atoms with Crippen molar-refractivity contribution in [2.24, 2.45) is 5.92 Å². The molecule has 5 rings (SSSR count). The Balaban J connectivity index is 1.51. The van der Waals surface area contributed by atoms with Gasteiger partial charge in [0.2, 0.25) is 17.7 Å². The lowest BCUT2D eigenvalue weighted by atomic mass is 10.00. The van der Waals surface area contributed by atoms with Crippen molar-refractivity contribution in [3.05, 3.63) is 42.5 Å². The summed E-state index contributed by atoms with van der Waals surface area (Å²) in [6, 6.07) is 13.9. The molecule has 160 valence electrons. The number of hydrogen-bond donors (Lipinski definition) is 0. The first-order valence-electron chi connectivity index (χ1n) is 11.1. The van der Waals surface area contributed by atoms with Crippen LogP contribution in [0, 0.1) is 5.92 Å². The highest BCUT2D eigenvalue weighted by Gasteiger charge is 2.39. The first kappa shape index (κ1) is 19.8. The van der Waals surface area contributed by atoms with Crippen molar-refractivity contribution in [1.29, 1.82) is 0 Å². The lowest BCUT2D eigenvalue weighted by Gasteiger charge is -2.41. The van der Waals surface area contributed by atoms with E-state index in [2.05, 4.69) is 0 Å². The first-order valence-corrected chi connectivity index (χ1v) is 11.1. The molecule has 31 heavy (non-hydrogen) atoms. The van der Waals surface area contributed by atoms with E-state index < -0.39 is 0 Å². The largest absolute Gasteiger partial charge is 0.312 e. The van der Waals surface area contributed by atoms with Crippen molar-refractivity contribution in [1.82, 2.24) is 0 Å². The molecule has 0 spiro atoms. The molecule has 2 fully saturated rings. The monoisotopic (exact) mass is 417 g/mol. The number of carbonyl (C=O) groups excluding carboxylic acids is 3. The number of carbonyl (C=O) groups is 3. The maximum Gasteiger partial charge on any atom is 0.230 e. The third-order valence-corrected chi connectivity index (χ3v) is 6.53. The molecule has 1 atom stereocenters. The normalized spacial score (nSPS) is 20.8. The van der Waals surface area contributed by atoms with Crippen LogP contribution < -0.4 is 14.7 Å². The minimum absolute atomic E-state index is 0.0142. The number of rotatable bonds is 3. The second-order valence-corrected chi connectivity index (χ2v) is 8.86. The summed E-state index contributed by atoms with van der Waals surface area (Å²) >= 11 is 0. The minimum atomic E-state index is -0.0594. The molecule has 1 aliphatic carbocycles. The van der Waals surface area contributed by atoms with Gasteiger partial charge in [0.05, 0.1) is 17.4 Å². The standard InChI is InChI=1S/C25H27N3O3/c1-16-15-27(25(31)19-5-6-19)23-14-20(9-12-22(23)28(16)17(2)29)18-7-10-21(11-8-18)26-13-3-4-24(26)30/h7-12,14,16,19H,3-6,13,15H2,1-2H3. The van der Waals surface area contributed by atoms with E-state index >= 15 is 0 Å². The van der Waals surface area contributed by atoms with Gasteiger partial charge in [0.25, 0.3) is 0 Å². The van der Waals surface area contributed by atoms with Gasteiger partial charge in [0, 0.05) is 38.0 Å². The summed E-state index contributed by atoms with van der Waals surface area (Å²) in [5, 5.41) is 0. The van der Waals surface area contributed by atoms with Crippen molar-refractivity contribution in [3.8, 4) is 11.1 Å². The van der Waals surface area contributed by atoms with Crippen LogP contribution in [0.25, 0.3) is 11.1 Å². The Bertz CT molecular complexity index is 1060. The van der Waals surface area contributed by atoms with Gasteiger partial charge in [0.15, 0.2) is 0 Å². The molecule has 2 aliphatic heterocycles. The van der Waals surface area contributed by atoms with Crippen molar-refractivity contribution >= 4 is 34.8 Å². The van der Waals surface area contributed by atoms with Crippen LogP contribution in [0.4, 0.5) is 17.1 Å². The first-order chi connectivity index (χ1) is 14.9. The van der Waals surface area contributed by atoms with Gasteiger partial charge in [-0.3, -0.25) is 14.4 Å². The Morgan fingerprint density at radius 1 is 0.968 bits per heavy atom. The van der Waals surface area contributed by atoms with Crippen LogP contribution in [0.2, 0.25) is 0 Å². The molecule has 0 bridgehead atoms. The van der Waals surface area contributed by atoms with Crippen LogP contribution >= 0.6 is 0 Å². The van der Waals surface area contributed by atoms with E-state index in [-0.39, 0.29) is 29.7 Å². The van der Waals surface area contributed by atoms with Gasteiger partial charge in [-0.25, -0.2) is 0 Å². The number of anilines is 3. The zero-order valence-electron chi connectivity index (χ0n) is 18.0. The Morgan fingerprint density at radius 2 is 1.68 bits per heavy atom. The summed E-state index contributed by atoms with van der Waals surface area (Å²) in [6.45, 7) is 4.85. The second kappa shape index (κ2) is 7.52. The predicted molar refractivity (Wildman–Crippen MR) is 121 cm³/mol. The van der Waals surface area contributed by atoms with Gasteiger partial charge in [0.1, 0.15) is 0 Å². The number of hydrogen-bond acceptors (Lipinski definition) is 3. The van der Waals surface area contributed by atoms with Crippen molar-refractivity contribution in [2.45, 2.75) is 45.6 Å². The zero-order valence-corrected chi connectivity index (χ0v) is 18.0. The molecule has 3 amide bonds. The molecule has 0 aromatic heterocycles. The molecular formula is C25H27N3O3. The van der Waals surface area contributed by atoms with E-state index in [0.717, 1.165) is 54.0 Å². The number of nitrogens with zero attached hydrogens (tertiary/aromatic N) is 3. The topological polar surface area (TPSA) is 60.9 Å². The van der Waals surface area contributed by atoms with E-state index in [9.17, 15) is 14.4 Å². The van der Waals surface area contributed by atoms with E-state index in [0.29, 0.717) is 13.0 Å². The second-order valence-electron chi connectivity index (χ2n) is 8.86. The van der Waals surface area contributed by atoms with Crippen molar-refractivity contribution in [2.75, 3.05) is 27.8 Å².